The Morgan fingerprint density at radius 2 is 1.85 bits per heavy atom. The predicted molar refractivity (Wildman–Crippen MR) is 151 cm³/mol. The molecular weight excluding hydrogens is 495 g/mol. The van der Waals surface area contributed by atoms with E-state index in [4.69, 9.17) is 14.7 Å². The Balaban J connectivity index is 1.45. The van der Waals surface area contributed by atoms with Crippen LogP contribution in [0.4, 0.5) is 10.2 Å². The van der Waals surface area contributed by atoms with Gasteiger partial charge in [-0.05, 0) is 62.5 Å². The minimum Gasteiger partial charge on any atom is -0.369 e. The monoisotopic (exact) mass is 530 g/mol. The number of hydrogen-bond acceptors (Lipinski definition) is 6. The summed E-state index contributed by atoms with van der Waals surface area (Å²) >= 11 is 0. The number of benzene rings is 2. The summed E-state index contributed by atoms with van der Waals surface area (Å²) in [4.78, 5) is 24.5. The summed E-state index contributed by atoms with van der Waals surface area (Å²) < 4.78 is 20.1. The molecule has 204 valence electrons. The summed E-state index contributed by atoms with van der Waals surface area (Å²) in [5, 5.41) is 10.5. The van der Waals surface area contributed by atoms with Crippen molar-refractivity contribution in [3.05, 3.63) is 77.7 Å². The van der Waals surface area contributed by atoms with Gasteiger partial charge in [-0.2, -0.15) is 0 Å². The second kappa shape index (κ2) is 12.8. The first-order valence-corrected chi connectivity index (χ1v) is 13.6. The van der Waals surface area contributed by atoms with Crippen LogP contribution in [-0.4, -0.2) is 53.1 Å². The molecule has 0 bridgehead atoms. The number of piperidine rings is 1. The maximum Gasteiger partial charge on any atom is 0.216 e. The van der Waals surface area contributed by atoms with Crippen LogP contribution in [0.25, 0.3) is 22.4 Å². The van der Waals surface area contributed by atoms with Crippen LogP contribution in [0.15, 0.2) is 60.7 Å². The molecule has 8 nitrogen and oxygen atoms in total. The zero-order chi connectivity index (χ0) is 27.0. The molecule has 1 fully saturated rings. The molecule has 1 saturated heterocycles. The molecule has 9 heteroatoms. The molecule has 3 heterocycles. The summed E-state index contributed by atoms with van der Waals surface area (Å²) in [6.07, 6.45) is 3.40. The minimum absolute atomic E-state index is 0.0717. The molecule has 2 aromatic heterocycles. The van der Waals surface area contributed by atoms with Crippen LogP contribution in [0.1, 0.15) is 43.5 Å². The van der Waals surface area contributed by atoms with Crippen molar-refractivity contribution in [2.24, 2.45) is 0 Å². The lowest BCUT2D eigenvalue weighted by molar-refractivity contribution is -0.118. The van der Waals surface area contributed by atoms with Crippen LogP contribution in [0.3, 0.4) is 0 Å². The van der Waals surface area contributed by atoms with Crippen molar-refractivity contribution >= 4 is 22.8 Å². The topological polar surface area (TPSA) is 104 Å². The van der Waals surface area contributed by atoms with E-state index < -0.39 is 0 Å². The highest BCUT2D eigenvalue weighted by Crippen LogP contribution is 2.32. The van der Waals surface area contributed by atoms with Gasteiger partial charge < -0.3 is 25.7 Å². The number of carbonyl (C=O) groups is 1. The lowest BCUT2D eigenvalue weighted by atomic mass is 10.0. The maximum absolute atomic E-state index is 13.4. The van der Waals surface area contributed by atoms with E-state index in [1.54, 1.807) is 0 Å². The first-order chi connectivity index (χ1) is 19.0. The number of nitrogens with zero attached hydrogens (tertiary/aromatic N) is 2. The Morgan fingerprint density at radius 1 is 1.08 bits per heavy atom. The molecule has 1 aliphatic heterocycles. The largest absolute Gasteiger partial charge is 0.369 e. The van der Waals surface area contributed by atoms with Gasteiger partial charge in [0.05, 0.1) is 17.6 Å². The highest BCUT2D eigenvalue weighted by Gasteiger charge is 2.23. The fraction of sp³-hybridized carbons (Fsp3) is 0.367. The van der Waals surface area contributed by atoms with Crippen LogP contribution in [0.5, 0.6) is 0 Å². The first-order valence-electron chi connectivity index (χ1n) is 13.6. The number of rotatable bonds is 11. The SMILES string of the molecule is CC(=O)NCCNc1nc(-c2ccccc2)nc2[nH]c(C(CCc3ccc(F)cc3)OC3CCNCC3)cc12. The van der Waals surface area contributed by atoms with Gasteiger partial charge in [0.15, 0.2) is 5.82 Å². The van der Waals surface area contributed by atoms with Crippen molar-refractivity contribution in [1.82, 2.24) is 25.6 Å². The number of carbonyl (C=O) groups excluding carboxylic acids is 1. The van der Waals surface area contributed by atoms with Crippen molar-refractivity contribution in [3.8, 4) is 11.4 Å². The minimum atomic E-state index is -0.233. The van der Waals surface area contributed by atoms with Crippen molar-refractivity contribution in [1.29, 1.82) is 0 Å². The molecule has 0 aliphatic carbocycles. The summed E-state index contributed by atoms with van der Waals surface area (Å²) in [5.74, 6) is 1.01. The molecule has 1 atom stereocenters. The molecule has 4 aromatic rings. The third-order valence-electron chi connectivity index (χ3n) is 6.93. The molecule has 1 unspecified atom stereocenters. The number of amides is 1. The zero-order valence-electron chi connectivity index (χ0n) is 22.2. The second-order valence-corrected chi connectivity index (χ2v) is 9.90. The second-order valence-electron chi connectivity index (χ2n) is 9.90. The van der Waals surface area contributed by atoms with Crippen LogP contribution < -0.4 is 16.0 Å². The van der Waals surface area contributed by atoms with Crippen LogP contribution in [-0.2, 0) is 16.0 Å². The van der Waals surface area contributed by atoms with Gasteiger partial charge in [0.25, 0.3) is 0 Å². The number of nitrogens with one attached hydrogen (secondary N) is 4. The normalized spacial score (nSPS) is 14.8. The lowest BCUT2D eigenvalue weighted by Crippen LogP contribution is -2.33. The Bertz CT molecular complexity index is 1370. The van der Waals surface area contributed by atoms with Crippen LogP contribution in [0.2, 0.25) is 0 Å². The molecule has 1 aliphatic rings. The van der Waals surface area contributed by atoms with Gasteiger partial charge in [-0.3, -0.25) is 4.79 Å². The Morgan fingerprint density at radius 3 is 2.59 bits per heavy atom. The third-order valence-corrected chi connectivity index (χ3v) is 6.93. The predicted octanol–water partition coefficient (Wildman–Crippen LogP) is 4.75. The van der Waals surface area contributed by atoms with Crippen molar-refractivity contribution in [3.63, 3.8) is 0 Å². The van der Waals surface area contributed by atoms with Gasteiger partial charge in [0.2, 0.25) is 5.91 Å². The molecule has 1 amide bonds. The Labute approximate surface area is 227 Å². The highest BCUT2D eigenvalue weighted by atomic mass is 19.1. The summed E-state index contributed by atoms with van der Waals surface area (Å²) in [7, 11) is 0. The molecular formula is C30H35FN6O2. The van der Waals surface area contributed by atoms with E-state index in [1.165, 1.54) is 19.1 Å². The van der Waals surface area contributed by atoms with Crippen molar-refractivity contribution in [2.45, 2.75) is 44.8 Å². The van der Waals surface area contributed by atoms with E-state index in [-0.39, 0.29) is 23.9 Å². The van der Waals surface area contributed by atoms with Crippen molar-refractivity contribution in [2.75, 3.05) is 31.5 Å². The van der Waals surface area contributed by atoms with E-state index in [1.807, 2.05) is 42.5 Å². The standard InChI is InChI=1S/C30H35FN6O2/c1-20(38)33-17-18-34-29-25-19-26(35-30(25)37-28(36-29)22-5-3-2-4-6-22)27(39-24-13-15-32-16-14-24)12-9-21-7-10-23(31)11-8-21/h2-8,10-11,19,24,27,32H,9,12-18H2,1H3,(H,33,38)(H2,34,35,36,37). The number of ether oxygens (including phenoxy) is 1. The molecule has 0 spiro atoms. The number of fused-ring (bicyclic) bond motifs is 1. The van der Waals surface area contributed by atoms with Crippen LogP contribution >= 0.6 is 0 Å². The summed E-state index contributed by atoms with van der Waals surface area (Å²) in [5.41, 5.74) is 3.65. The number of aromatic amines is 1. The average Bonchev–Trinajstić information content (AvgIpc) is 3.39. The van der Waals surface area contributed by atoms with Gasteiger partial charge in [-0.1, -0.05) is 42.5 Å². The zero-order valence-corrected chi connectivity index (χ0v) is 22.2. The maximum atomic E-state index is 13.4. The Hall–Kier alpha value is -3.82. The van der Waals surface area contributed by atoms with E-state index in [0.717, 1.165) is 66.6 Å². The van der Waals surface area contributed by atoms with Gasteiger partial charge in [0.1, 0.15) is 17.3 Å². The summed E-state index contributed by atoms with van der Waals surface area (Å²) in [6, 6.07) is 18.6. The number of halogens is 1. The average molecular weight is 531 g/mol. The van der Waals surface area contributed by atoms with Crippen LogP contribution in [0, 0.1) is 5.82 Å². The van der Waals surface area contributed by atoms with Crippen molar-refractivity contribution < 1.29 is 13.9 Å². The Kier molecular flexibility index (Phi) is 8.80. The van der Waals surface area contributed by atoms with E-state index in [2.05, 4.69) is 27.0 Å². The van der Waals surface area contributed by atoms with Gasteiger partial charge >= 0.3 is 0 Å². The number of hydrogen-bond donors (Lipinski definition) is 4. The molecule has 5 rings (SSSR count). The molecule has 39 heavy (non-hydrogen) atoms. The van der Waals surface area contributed by atoms with E-state index in [0.29, 0.717) is 24.7 Å². The van der Waals surface area contributed by atoms with Gasteiger partial charge in [0, 0.05) is 31.3 Å². The fourth-order valence-electron chi connectivity index (χ4n) is 4.88. The smallest absolute Gasteiger partial charge is 0.216 e. The first kappa shape index (κ1) is 26.8. The number of anilines is 1. The highest BCUT2D eigenvalue weighted by molar-refractivity contribution is 5.89. The van der Waals surface area contributed by atoms with E-state index >= 15 is 0 Å². The number of aromatic nitrogens is 3. The number of H-pyrrole nitrogens is 1. The summed E-state index contributed by atoms with van der Waals surface area (Å²) in [6.45, 7) is 4.40. The lowest BCUT2D eigenvalue weighted by Gasteiger charge is -2.28. The van der Waals surface area contributed by atoms with Gasteiger partial charge in [-0.15, -0.1) is 0 Å². The molecule has 0 saturated carbocycles. The third kappa shape index (κ3) is 7.19. The quantitative estimate of drug-likeness (QED) is 0.209. The van der Waals surface area contributed by atoms with E-state index in [9.17, 15) is 9.18 Å². The molecule has 4 N–H and O–H groups in total. The molecule has 0 radical (unpaired) electrons. The van der Waals surface area contributed by atoms with Gasteiger partial charge in [-0.25, -0.2) is 14.4 Å². The number of aryl methyl sites for hydroxylation is 1. The fourth-order valence-corrected chi connectivity index (χ4v) is 4.88. The molecule has 2 aromatic carbocycles.